The van der Waals surface area contributed by atoms with E-state index in [2.05, 4.69) is 15.2 Å². The highest BCUT2D eigenvalue weighted by Crippen LogP contribution is 2.14. The fraction of sp³-hybridized carbons (Fsp3) is 0.727. The molecule has 1 aromatic rings. The number of hydrogen-bond acceptors (Lipinski definition) is 3. The number of hydrogen-bond donors (Lipinski definition) is 1. The third-order valence-electron chi connectivity index (χ3n) is 2.23. The summed E-state index contributed by atoms with van der Waals surface area (Å²) in [5.41, 5.74) is 0.998. The molecule has 0 spiro atoms. The van der Waals surface area contributed by atoms with Gasteiger partial charge in [-0.25, -0.2) is 0 Å². The lowest BCUT2D eigenvalue weighted by Gasteiger charge is -2.07. The highest BCUT2D eigenvalue weighted by Gasteiger charge is 2.27. The van der Waals surface area contributed by atoms with Crippen molar-refractivity contribution in [2.45, 2.75) is 19.0 Å². The first-order valence-electron chi connectivity index (χ1n) is 5.81. The Bertz CT molecular complexity index is 339. The largest absolute Gasteiger partial charge is 0.411 e. The maximum Gasteiger partial charge on any atom is 0.411 e. The molecule has 0 radical (unpaired) electrons. The van der Waals surface area contributed by atoms with Crippen LogP contribution in [0.25, 0.3) is 0 Å². The summed E-state index contributed by atoms with van der Waals surface area (Å²) in [6.45, 7) is 0.359. The second-order valence-electron chi connectivity index (χ2n) is 4.00. The molecule has 1 aromatic heterocycles. The van der Waals surface area contributed by atoms with Crippen molar-refractivity contribution in [3.05, 3.63) is 18.0 Å². The number of halogens is 3. The molecule has 1 heterocycles. The average Bonchev–Trinajstić information content (AvgIpc) is 2.67. The summed E-state index contributed by atoms with van der Waals surface area (Å²) >= 11 is 0. The van der Waals surface area contributed by atoms with Crippen molar-refractivity contribution < 1.29 is 17.9 Å². The normalized spacial score (nSPS) is 12.0. The molecule has 0 aliphatic rings. The highest BCUT2D eigenvalue weighted by molar-refractivity contribution is 4.98. The Labute approximate surface area is 104 Å². The molecular weight excluding hydrogens is 247 g/mol. The standard InChI is InChI=1S/C11H18F3N3O/c1-17-7-4-10(16-17)3-6-15-5-2-8-18-9-11(12,13)14/h4,7,15H,2-3,5-6,8-9H2,1H3. The number of nitrogens with zero attached hydrogens (tertiary/aromatic N) is 2. The number of nitrogens with one attached hydrogen (secondary N) is 1. The van der Waals surface area contributed by atoms with Crippen LogP contribution in [-0.4, -0.2) is 42.3 Å². The zero-order valence-electron chi connectivity index (χ0n) is 10.3. The van der Waals surface area contributed by atoms with Gasteiger partial charge in [0.25, 0.3) is 0 Å². The first kappa shape index (κ1) is 15.0. The monoisotopic (exact) mass is 265 g/mol. The Morgan fingerprint density at radius 1 is 1.39 bits per heavy atom. The Kier molecular flexibility index (Phi) is 6.14. The summed E-state index contributed by atoms with van der Waals surface area (Å²) in [7, 11) is 1.86. The molecule has 0 saturated heterocycles. The summed E-state index contributed by atoms with van der Waals surface area (Å²) in [4.78, 5) is 0. The molecule has 0 aliphatic heterocycles. The topological polar surface area (TPSA) is 39.1 Å². The third-order valence-corrected chi connectivity index (χ3v) is 2.23. The van der Waals surface area contributed by atoms with Gasteiger partial charge in [0.15, 0.2) is 0 Å². The predicted molar refractivity (Wildman–Crippen MR) is 61.3 cm³/mol. The van der Waals surface area contributed by atoms with Gasteiger partial charge in [0, 0.05) is 32.8 Å². The van der Waals surface area contributed by atoms with Crippen LogP contribution in [-0.2, 0) is 18.2 Å². The van der Waals surface area contributed by atoms with E-state index < -0.39 is 12.8 Å². The summed E-state index contributed by atoms with van der Waals surface area (Å²) in [6.07, 6.45) is -0.977. The van der Waals surface area contributed by atoms with Crippen molar-refractivity contribution >= 4 is 0 Å². The van der Waals surface area contributed by atoms with Crippen LogP contribution in [0.3, 0.4) is 0 Å². The van der Waals surface area contributed by atoms with Crippen LogP contribution >= 0.6 is 0 Å². The quantitative estimate of drug-likeness (QED) is 0.724. The van der Waals surface area contributed by atoms with Crippen molar-refractivity contribution in [3.8, 4) is 0 Å². The Hall–Kier alpha value is -1.08. The molecule has 0 unspecified atom stereocenters. The summed E-state index contributed by atoms with van der Waals surface area (Å²) in [6, 6.07) is 1.94. The van der Waals surface area contributed by atoms with Gasteiger partial charge in [-0.2, -0.15) is 18.3 Å². The molecule has 0 bridgehead atoms. The molecule has 0 fully saturated rings. The molecule has 0 aliphatic carbocycles. The number of aryl methyl sites for hydroxylation is 1. The van der Waals surface area contributed by atoms with Crippen LogP contribution in [0.4, 0.5) is 13.2 Å². The van der Waals surface area contributed by atoms with Gasteiger partial charge in [0.1, 0.15) is 6.61 Å². The molecule has 0 atom stereocenters. The fourth-order valence-corrected chi connectivity index (χ4v) is 1.43. The van der Waals surface area contributed by atoms with Crippen LogP contribution in [0, 0.1) is 0 Å². The molecule has 1 N–H and O–H groups in total. The van der Waals surface area contributed by atoms with Gasteiger partial charge in [-0.3, -0.25) is 4.68 Å². The Morgan fingerprint density at radius 2 is 2.17 bits per heavy atom. The van der Waals surface area contributed by atoms with E-state index in [0.29, 0.717) is 13.0 Å². The van der Waals surface area contributed by atoms with E-state index in [1.807, 2.05) is 19.3 Å². The van der Waals surface area contributed by atoms with Gasteiger partial charge >= 0.3 is 6.18 Å². The summed E-state index contributed by atoms with van der Waals surface area (Å²) < 4.78 is 41.4. The maximum absolute atomic E-state index is 11.7. The lowest BCUT2D eigenvalue weighted by Crippen LogP contribution is -2.22. The lowest BCUT2D eigenvalue weighted by atomic mass is 10.3. The first-order chi connectivity index (χ1) is 8.47. The SMILES string of the molecule is Cn1ccc(CCNCCCOCC(F)(F)F)n1. The van der Waals surface area contributed by atoms with Crippen molar-refractivity contribution in [1.82, 2.24) is 15.1 Å². The maximum atomic E-state index is 11.7. The number of alkyl halides is 3. The van der Waals surface area contributed by atoms with E-state index in [9.17, 15) is 13.2 Å². The molecule has 104 valence electrons. The molecule has 1 rings (SSSR count). The molecule has 0 aromatic carbocycles. The van der Waals surface area contributed by atoms with Crippen LogP contribution in [0.15, 0.2) is 12.3 Å². The molecule has 0 saturated carbocycles. The molecule has 0 amide bonds. The average molecular weight is 265 g/mol. The van der Waals surface area contributed by atoms with Crippen molar-refractivity contribution in [3.63, 3.8) is 0 Å². The van der Waals surface area contributed by atoms with Gasteiger partial charge < -0.3 is 10.1 Å². The highest BCUT2D eigenvalue weighted by atomic mass is 19.4. The van der Waals surface area contributed by atoms with Gasteiger partial charge in [0.05, 0.1) is 5.69 Å². The fourth-order valence-electron chi connectivity index (χ4n) is 1.43. The second-order valence-corrected chi connectivity index (χ2v) is 4.00. The molecule has 7 heteroatoms. The smallest absolute Gasteiger partial charge is 0.372 e. The van der Waals surface area contributed by atoms with E-state index in [1.165, 1.54) is 0 Å². The second kappa shape index (κ2) is 7.38. The Balaban J connectivity index is 1.90. The number of ether oxygens (including phenoxy) is 1. The third kappa shape index (κ3) is 7.29. The van der Waals surface area contributed by atoms with Crippen LogP contribution in [0.5, 0.6) is 0 Å². The van der Waals surface area contributed by atoms with Gasteiger partial charge in [-0.1, -0.05) is 0 Å². The van der Waals surface area contributed by atoms with Gasteiger partial charge in [-0.15, -0.1) is 0 Å². The van der Waals surface area contributed by atoms with E-state index in [-0.39, 0.29) is 6.61 Å². The zero-order chi connectivity index (χ0) is 13.4. The number of rotatable bonds is 8. The van der Waals surface area contributed by atoms with Crippen molar-refractivity contribution in [2.24, 2.45) is 7.05 Å². The summed E-state index contributed by atoms with van der Waals surface area (Å²) in [5.74, 6) is 0. The summed E-state index contributed by atoms with van der Waals surface area (Å²) in [5, 5.41) is 7.34. The zero-order valence-corrected chi connectivity index (χ0v) is 10.3. The number of aromatic nitrogens is 2. The van der Waals surface area contributed by atoms with E-state index >= 15 is 0 Å². The lowest BCUT2D eigenvalue weighted by molar-refractivity contribution is -0.173. The van der Waals surface area contributed by atoms with Crippen molar-refractivity contribution in [2.75, 3.05) is 26.3 Å². The van der Waals surface area contributed by atoms with Crippen LogP contribution < -0.4 is 5.32 Å². The van der Waals surface area contributed by atoms with Crippen LogP contribution in [0.2, 0.25) is 0 Å². The minimum atomic E-state index is -4.23. The molecular formula is C11H18F3N3O. The molecule has 4 nitrogen and oxygen atoms in total. The van der Waals surface area contributed by atoms with Crippen molar-refractivity contribution in [1.29, 1.82) is 0 Å². The Morgan fingerprint density at radius 3 is 2.78 bits per heavy atom. The molecule has 18 heavy (non-hydrogen) atoms. The van der Waals surface area contributed by atoms with E-state index in [1.54, 1.807) is 4.68 Å². The van der Waals surface area contributed by atoms with Crippen LogP contribution in [0.1, 0.15) is 12.1 Å². The van der Waals surface area contributed by atoms with E-state index in [4.69, 9.17) is 0 Å². The van der Waals surface area contributed by atoms with E-state index in [0.717, 1.165) is 18.7 Å². The van der Waals surface area contributed by atoms with Gasteiger partial charge in [-0.05, 0) is 19.0 Å². The van der Waals surface area contributed by atoms with Gasteiger partial charge in [0.2, 0.25) is 0 Å². The minimum absolute atomic E-state index is 0.121. The first-order valence-corrected chi connectivity index (χ1v) is 5.81. The minimum Gasteiger partial charge on any atom is -0.372 e. The predicted octanol–water partition coefficient (Wildman–Crippen LogP) is 1.52.